The molecule has 0 saturated carbocycles. The summed E-state index contributed by atoms with van der Waals surface area (Å²) in [5.41, 5.74) is 2.30. The number of aromatic nitrogens is 3. The molecular weight excluding hydrogens is 303 g/mol. The minimum atomic E-state index is -0.278. The van der Waals surface area contributed by atoms with Crippen molar-refractivity contribution in [3.8, 4) is 11.4 Å². The third kappa shape index (κ3) is 3.20. The van der Waals surface area contributed by atoms with Crippen LogP contribution in [0, 0.1) is 12.7 Å². The van der Waals surface area contributed by atoms with E-state index in [4.69, 9.17) is 11.6 Å². The van der Waals surface area contributed by atoms with E-state index in [1.165, 1.54) is 12.1 Å². The summed E-state index contributed by atoms with van der Waals surface area (Å²) in [4.78, 5) is 12.7. The number of anilines is 2. The predicted octanol–water partition coefficient (Wildman–Crippen LogP) is 4.38. The first-order chi connectivity index (χ1) is 10.6. The van der Waals surface area contributed by atoms with E-state index in [1.54, 1.807) is 30.6 Å². The molecule has 0 aliphatic carbocycles. The molecular formula is C16H12ClFN4. The van der Waals surface area contributed by atoms with Crippen molar-refractivity contribution in [1.82, 2.24) is 15.0 Å². The van der Waals surface area contributed by atoms with Crippen LogP contribution in [0.25, 0.3) is 11.4 Å². The van der Waals surface area contributed by atoms with Gasteiger partial charge in [-0.3, -0.25) is 4.98 Å². The molecule has 1 N–H and O–H groups in total. The Hall–Kier alpha value is -2.53. The van der Waals surface area contributed by atoms with Gasteiger partial charge in [-0.1, -0.05) is 11.6 Å². The monoisotopic (exact) mass is 314 g/mol. The molecule has 6 heteroatoms. The topological polar surface area (TPSA) is 50.7 Å². The lowest BCUT2D eigenvalue weighted by Gasteiger charge is -2.10. The van der Waals surface area contributed by atoms with Gasteiger partial charge in [-0.2, -0.15) is 0 Å². The van der Waals surface area contributed by atoms with E-state index >= 15 is 0 Å². The Morgan fingerprint density at radius 2 is 2.00 bits per heavy atom. The molecule has 2 heterocycles. The van der Waals surface area contributed by atoms with Gasteiger partial charge in [0, 0.05) is 29.7 Å². The summed E-state index contributed by atoms with van der Waals surface area (Å²) in [7, 11) is 0. The van der Waals surface area contributed by atoms with Crippen LogP contribution in [0.1, 0.15) is 5.56 Å². The van der Waals surface area contributed by atoms with E-state index in [-0.39, 0.29) is 5.82 Å². The van der Waals surface area contributed by atoms with Crippen LogP contribution in [-0.4, -0.2) is 15.0 Å². The highest BCUT2D eigenvalue weighted by Gasteiger charge is 2.08. The fourth-order valence-electron chi connectivity index (χ4n) is 2.01. The Balaban J connectivity index is 1.96. The van der Waals surface area contributed by atoms with E-state index in [9.17, 15) is 4.39 Å². The maximum Gasteiger partial charge on any atom is 0.164 e. The first-order valence-electron chi connectivity index (χ1n) is 6.60. The average Bonchev–Trinajstić information content (AvgIpc) is 2.50. The summed E-state index contributed by atoms with van der Waals surface area (Å²) in [6, 6.07) is 9.77. The maximum atomic E-state index is 13.2. The van der Waals surface area contributed by atoms with Crippen LogP contribution < -0.4 is 5.32 Å². The molecule has 3 aromatic rings. The van der Waals surface area contributed by atoms with Gasteiger partial charge in [0.2, 0.25) is 0 Å². The predicted molar refractivity (Wildman–Crippen MR) is 84.7 cm³/mol. The molecule has 0 unspecified atom stereocenters. The molecule has 0 radical (unpaired) electrons. The van der Waals surface area contributed by atoms with Crippen LogP contribution in [0.5, 0.6) is 0 Å². The molecule has 2 aromatic heterocycles. The number of halogens is 2. The zero-order valence-electron chi connectivity index (χ0n) is 11.7. The summed E-state index contributed by atoms with van der Waals surface area (Å²) in [5.74, 6) is 0.733. The second-order valence-electron chi connectivity index (χ2n) is 4.73. The molecule has 0 aliphatic rings. The Morgan fingerprint density at radius 1 is 1.14 bits per heavy atom. The molecule has 1 aromatic carbocycles. The van der Waals surface area contributed by atoms with Crippen molar-refractivity contribution >= 4 is 23.1 Å². The number of nitrogens with zero attached hydrogens (tertiary/aromatic N) is 3. The fourth-order valence-corrected chi connectivity index (χ4v) is 2.19. The molecule has 0 spiro atoms. The van der Waals surface area contributed by atoms with Crippen molar-refractivity contribution < 1.29 is 4.39 Å². The summed E-state index contributed by atoms with van der Waals surface area (Å²) in [6.07, 6.45) is 3.34. The number of pyridine rings is 1. The minimum Gasteiger partial charge on any atom is -0.340 e. The van der Waals surface area contributed by atoms with E-state index in [1.807, 2.05) is 13.0 Å². The average molecular weight is 315 g/mol. The lowest BCUT2D eigenvalue weighted by atomic mass is 10.2. The van der Waals surface area contributed by atoms with Crippen molar-refractivity contribution in [3.63, 3.8) is 0 Å². The van der Waals surface area contributed by atoms with Gasteiger partial charge in [0.25, 0.3) is 0 Å². The third-order valence-electron chi connectivity index (χ3n) is 3.07. The summed E-state index contributed by atoms with van der Waals surface area (Å²) < 4.78 is 13.2. The first-order valence-corrected chi connectivity index (χ1v) is 6.98. The standard InChI is InChI=1S/C16H12ClFN4/c1-10-7-12(18)4-5-13(10)20-15-8-14(17)21-16(22-15)11-3-2-6-19-9-11/h2-9H,1H3,(H,20,21,22). The number of hydrogen-bond acceptors (Lipinski definition) is 4. The van der Waals surface area contributed by atoms with Gasteiger partial charge in [0.05, 0.1) is 0 Å². The molecule has 0 amide bonds. The van der Waals surface area contributed by atoms with E-state index in [0.29, 0.717) is 16.8 Å². The zero-order chi connectivity index (χ0) is 15.5. The van der Waals surface area contributed by atoms with Crippen molar-refractivity contribution in [2.45, 2.75) is 6.92 Å². The first kappa shape index (κ1) is 14.4. The number of nitrogens with one attached hydrogen (secondary N) is 1. The zero-order valence-corrected chi connectivity index (χ0v) is 12.5. The minimum absolute atomic E-state index is 0.278. The normalized spacial score (nSPS) is 10.5. The summed E-state index contributed by atoms with van der Waals surface area (Å²) in [6.45, 7) is 1.82. The van der Waals surface area contributed by atoms with Crippen molar-refractivity contribution in [2.24, 2.45) is 0 Å². The Kier molecular flexibility index (Phi) is 3.98. The van der Waals surface area contributed by atoms with Gasteiger partial charge in [-0.05, 0) is 42.8 Å². The van der Waals surface area contributed by atoms with Crippen LogP contribution in [0.2, 0.25) is 5.15 Å². The van der Waals surface area contributed by atoms with Crippen molar-refractivity contribution in [2.75, 3.05) is 5.32 Å². The van der Waals surface area contributed by atoms with Gasteiger partial charge < -0.3 is 5.32 Å². The number of benzene rings is 1. The Bertz CT molecular complexity index is 808. The molecule has 0 bridgehead atoms. The van der Waals surface area contributed by atoms with E-state index in [0.717, 1.165) is 16.8 Å². The lowest BCUT2D eigenvalue weighted by Crippen LogP contribution is -1.99. The molecule has 110 valence electrons. The van der Waals surface area contributed by atoms with E-state index in [2.05, 4.69) is 20.3 Å². The van der Waals surface area contributed by atoms with Crippen molar-refractivity contribution in [1.29, 1.82) is 0 Å². The molecule has 3 rings (SSSR count). The highest BCUT2D eigenvalue weighted by atomic mass is 35.5. The quantitative estimate of drug-likeness (QED) is 0.729. The SMILES string of the molecule is Cc1cc(F)ccc1Nc1cc(Cl)nc(-c2cccnc2)n1. The molecule has 22 heavy (non-hydrogen) atoms. The molecule has 0 saturated heterocycles. The second kappa shape index (κ2) is 6.07. The van der Waals surface area contributed by atoms with Crippen LogP contribution >= 0.6 is 11.6 Å². The van der Waals surface area contributed by atoms with Gasteiger partial charge >= 0.3 is 0 Å². The van der Waals surface area contributed by atoms with Crippen molar-refractivity contribution in [3.05, 3.63) is 65.3 Å². The van der Waals surface area contributed by atoms with Crippen LogP contribution in [0.4, 0.5) is 15.9 Å². The molecule has 0 aliphatic heterocycles. The number of hydrogen-bond donors (Lipinski definition) is 1. The van der Waals surface area contributed by atoms with Crippen LogP contribution in [0.3, 0.4) is 0 Å². The highest BCUT2D eigenvalue weighted by molar-refractivity contribution is 6.29. The smallest absolute Gasteiger partial charge is 0.164 e. The van der Waals surface area contributed by atoms with Crippen LogP contribution in [0.15, 0.2) is 48.8 Å². The number of rotatable bonds is 3. The largest absolute Gasteiger partial charge is 0.340 e. The summed E-state index contributed by atoms with van der Waals surface area (Å²) >= 11 is 6.06. The lowest BCUT2D eigenvalue weighted by molar-refractivity contribution is 0.627. The highest BCUT2D eigenvalue weighted by Crippen LogP contribution is 2.24. The van der Waals surface area contributed by atoms with Gasteiger partial charge in [0.1, 0.15) is 16.8 Å². The molecule has 0 fully saturated rings. The van der Waals surface area contributed by atoms with Gasteiger partial charge in [-0.25, -0.2) is 14.4 Å². The Labute approximate surface area is 132 Å². The fraction of sp³-hybridized carbons (Fsp3) is 0.0625. The van der Waals surface area contributed by atoms with Crippen LogP contribution in [-0.2, 0) is 0 Å². The van der Waals surface area contributed by atoms with Gasteiger partial charge in [0.15, 0.2) is 5.82 Å². The summed E-state index contributed by atoms with van der Waals surface area (Å²) in [5, 5.41) is 3.44. The maximum absolute atomic E-state index is 13.2. The third-order valence-corrected chi connectivity index (χ3v) is 3.26. The molecule has 4 nitrogen and oxygen atoms in total. The molecule has 0 atom stereocenters. The van der Waals surface area contributed by atoms with E-state index < -0.39 is 0 Å². The number of aryl methyl sites for hydroxylation is 1. The Morgan fingerprint density at radius 3 is 2.73 bits per heavy atom. The van der Waals surface area contributed by atoms with Gasteiger partial charge in [-0.15, -0.1) is 0 Å². The second-order valence-corrected chi connectivity index (χ2v) is 5.11.